The summed E-state index contributed by atoms with van der Waals surface area (Å²) in [5, 5.41) is 1.55. The second-order valence-corrected chi connectivity index (χ2v) is 8.66. The Morgan fingerprint density at radius 3 is 2.38 bits per heavy atom. The van der Waals surface area contributed by atoms with Crippen molar-refractivity contribution in [1.82, 2.24) is 14.7 Å². The number of rotatable bonds is 5. The van der Waals surface area contributed by atoms with Gasteiger partial charge in [-0.05, 0) is 31.0 Å². The van der Waals surface area contributed by atoms with E-state index in [2.05, 4.69) is 10.3 Å². The van der Waals surface area contributed by atoms with E-state index in [4.69, 9.17) is 4.74 Å². The van der Waals surface area contributed by atoms with Crippen molar-refractivity contribution in [1.29, 1.82) is 0 Å². The van der Waals surface area contributed by atoms with Crippen molar-refractivity contribution in [3.63, 3.8) is 0 Å². The number of hydrazine groups is 1. The van der Waals surface area contributed by atoms with Gasteiger partial charge < -0.3 is 9.64 Å². The van der Waals surface area contributed by atoms with Gasteiger partial charge in [-0.2, -0.15) is 4.31 Å². The maximum atomic E-state index is 12.9. The van der Waals surface area contributed by atoms with Crippen LogP contribution < -0.4 is 10.3 Å². The van der Waals surface area contributed by atoms with Crippen LogP contribution in [0.25, 0.3) is 0 Å². The Morgan fingerprint density at radius 2 is 1.77 bits per heavy atom. The number of hydrogen-bond acceptors (Lipinski definition) is 6. The highest BCUT2D eigenvalue weighted by Crippen LogP contribution is 2.28. The average molecular weight is 382 g/mol. The maximum Gasteiger partial charge on any atom is 0.267 e. The Hall–Kier alpha value is -1.68. The van der Waals surface area contributed by atoms with Crippen LogP contribution in [0.2, 0.25) is 0 Å². The Morgan fingerprint density at radius 1 is 1.12 bits per heavy atom. The molecule has 0 saturated carbocycles. The summed E-state index contributed by atoms with van der Waals surface area (Å²) in [6.07, 6.45) is 2.14. The molecule has 8 nitrogen and oxygen atoms in total. The first kappa shape index (κ1) is 19.1. The highest BCUT2D eigenvalue weighted by atomic mass is 32.2. The fourth-order valence-corrected chi connectivity index (χ4v) is 4.73. The van der Waals surface area contributed by atoms with Crippen LogP contribution in [0, 0.1) is 0 Å². The molecule has 2 aliphatic heterocycles. The average Bonchev–Trinajstić information content (AvgIpc) is 3.16. The lowest BCUT2D eigenvalue weighted by molar-refractivity contribution is 0.0730. The molecule has 9 heteroatoms. The fourth-order valence-electron chi connectivity index (χ4n) is 3.29. The molecule has 0 spiro atoms. The summed E-state index contributed by atoms with van der Waals surface area (Å²) in [5.74, 6) is -0.309. The third-order valence-corrected chi connectivity index (χ3v) is 6.49. The minimum absolute atomic E-state index is 0.145. The molecule has 1 N–H and O–H groups in total. The Labute approximate surface area is 154 Å². The van der Waals surface area contributed by atoms with Gasteiger partial charge >= 0.3 is 0 Å². The molecule has 26 heavy (non-hydrogen) atoms. The Kier molecular flexibility index (Phi) is 5.81. The van der Waals surface area contributed by atoms with Gasteiger partial charge in [0.1, 0.15) is 0 Å². The van der Waals surface area contributed by atoms with E-state index >= 15 is 0 Å². The molecule has 0 aliphatic carbocycles. The van der Waals surface area contributed by atoms with Crippen LogP contribution in [0.5, 0.6) is 0 Å². The van der Waals surface area contributed by atoms with Crippen LogP contribution in [0.1, 0.15) is 23.2 Å². The molecular weight excluding hydrogens is 356 g/mol. The van der Waals surface area contributed by atoms with Crippen molar-refractivity contribution < 1.29 is 17.9 Å². The zero-order valence-corrected chi connectivity index (χ0v) is 16.1. The van der Waals surface area contributed by atoms with E-state index in [0.717, 1.165) is 31.6 Å². The van der Waals surface area contributed by atoms with Gasteiger partial charge in [0.25, 0.3) is 5.91 Å². The maximum absolute atomic E-state index is 12.9. The summed E-state index contributed by atoms with van der Waals surface area (Å²) in [5.41, 5.74) is 3.88. The molecule has 0 bridgehead atoms. The number of ether oxygens (including phenoxy) is 1. The van der Waals surface area contributed by atoms with Crippen molar-refractivity contribution in [3.8, 4) is 0 Å². The van der Waals surface area contributed by atoms with E-state index < -0.39 is 10.0 Å². The number of carbonyl (C=O) groups excluding carboxylic acids is 1. The Bertz CT molecular complexity index is 754. The largest absolute Gasteiger partial charge is 0.379 e. The van der Waals surface area contributed by atoms with Gasteiger partial charge in [-0.3, -0.25) is 10.2 Å². The number of benzene rings is 1. The molecule has 2 saturated heterocycles. The zero-order chi connectivity index (χ0) is 18.7. The number of anilines is 1. The van der Waals surface area contributed by atoms with Gasteiger partial charge in [0.05, 0.1) is 23.7 Å². The summed E-state index contributed by atoms with van der Waals surface area (Å²) >= 11 is 0. The number of nitrogens with zero attached hydrogens (tertiary/aromatic N) is 3. The van der Waals surface area contributed by atoms with E-state index in [1.54, 1.807) is 31.2 Å². The number of amides is 1. The van der Waals surface area contributed by atoms with Gasteiger partial charge in [-0.1, -0.05) is 0 Å². The minimum atomic E-state index is -3.65. The van der Waals surface area contributed by atoms with E-state index in [1.165, 1.54) is 10.4 Å². The first-order chi connectivity index (χ1) is 12.4. The van der Waals surface area contributed by atoms with Crippen molar-refractivity contribution in [2.24, 2.45) is 0 Å². The molecule has 3 rings (SSSR count). The van der Waals surface area contributed by atoms with Crippen molar-refractivity contribution >= 4 is 21.6 Å². The summed E-state index contributed by atoms with van der Waals surface area (Å²) in [4.78, 5) is 15.0. The third kappa shape index (κ3) is 4.01. The summed E-state index contributed by atoms with van der Waals surface area (Å²) in [7, 11) is -0.198. The summed E-state index contributed by atoms with van der Waals surface area (Å²) in [6, 6.07) is 4.85. The lowest BCUT2D eigenvalue weighted by Crippen LogP contribution is -2.41. The predicted molar refractivity (Wildman–Crippen MR) is 98.6 cm³/mol. The number of morpholine rings is 1. The van der Waals surface area contributed by atoms with Crippen molar-refractivity contribution in [2.45, 2.75) is 17.7 Å². The van der Waals surface area contributed by atoms with Gasteiger partial charge in [0, 0.05) is 46.0 Å². The van der Waals surface area contributed by atoms with Crippen molar-refractivity contribution in [3.05, 3.63) is 23.8 Å². The highest BCUT2D eigenvalue weighted by Gasteiger charge is 2.29. The second kappa shape index (κ2) is 7.91. The molecule has 1 aromatic rings. The minimum Gasteiger partial charge on any atom is -0.379 e. The van der Waals surface area contributed by atoms with Crippen LogP contribution >= 0.6 is 0 Å². The molecule has 0 atom stereocenters. The van der Waals surface area contributed by atoms with Crippen LogP contribution in [0.15, 0.2) is 23.1 Å². The van der Waals surface area contributed by atoms with Gasteiger partial charge in [0.15, 0.2) is 0 Å². The van der Waals surface area contributed by atoms with Crippen LogP contribution in [0.3, 0.4) is 0 Å². The highest BCUT2D eigenvalue weighted by molar-refractivity contribution is 7.89. The van der Waals surface area contributed by atoms with Gasteiger partial charge in [-0.15, -0.1) is 0 Å². The standard InChI is InChI=1S/C17H26N4O4S/c1-19(2)18-17(22)15-13-14(5-6-16(15)20-7-3-4-8-20)26(23,24)21-9-11-25-12-10-21/h5-6,13H,3-4,7-12H2,1-2H3,(H,18,22). The smallest absolute Gasteiger partial charge is 0.267 e. The molecule has 1 amide bonds. The fraction of sp³-hybridized carbons (Fsp3) is 0.588. The molecular formula is C17H26N4O4S. The van der Waals surface area contributed by atoms with E-state index in [1.807, 2.05) is 0 Å². The zero-order valence-electron chi connectivity index (χ0n) is 15.3. The molecule has 0 radical (unpaired) electrons. The topological polar surface area (TPSA) is 82.2 Å². The second-order valence-electron chi connectivity index (χ2n) is 6.72. The number of carbonyl (C=O) groups is 1. The predicted octanol–water partition coefficient (Wildman–Crippen LogP) is 0.514. The normalized spacial score (nSPS) is 19.1. The lowest BCUT2D eigenvalue weighted by Gasteiger charge is -2.27. The number of hydrogen-bond donors (Lipinski definition) is 1. The van der Waals surface area contributed by atoms with Crippen LogP contribution in [0.4, 0.5) is 5.69 Å². The van der Waals surface area contributed by atoms with Crippen LogP contribution in [-0.2, 0) is 14.8 Å². The molecule has 2 fully saturated rings. The third-order valence-electron chi connectivity index (χ3n) is 4.59. The van der Waals surface area contributed by atoms with Crippen molar-refractivity contribution in [2.75, 3.05) is 58.4 Å². The quantitative estimate of drug-likeness (QED) is 0.748. The van der Waals surface area contributed by atoms with E-state index in [-0.39, 0.29) is 10.8 Å². The molecule has 144 valence electrons. The van der Waals surface area contributed by atoms with E-state index in [0.29, 0.717) is 31.9 Å². The van der Waals surface area contributed by atoms with Gasteiger partial charge in [0.2, 0.25) is 10.0 Å². The van der Waals surface area contributed by atoms with Crippen LogP contribution in [-0.4, -0.2) is 77.1 Å². The molecule has 0 unspecified atom stereocenters. The number of nitrogens with one attached hydrogen (secondary N) is 1. The van der Waals surface area contributed by atoms with E-state index in [9.17, 15) is 13.2 Å². The Balaban J connectivity index is 1.98. The first-order valence-electron chi connectivity index (χ1n) is 8.85. The number of sulfonamides is 1. The monoisotopic (exact) mass is 382 g/mol. The molecule has 2 aliphatic rings. The summed E-state index contributed by atoms with van der Waals surface area (Å²) in [6.45, 7) is 3.18. The molecule has 0 aromatic heterocycles. The molecule has 2 heterocycles. The molecule has 1 aromatic carbocycles. The summed E-state index contributed by atoms with van der Waals surface area (Å²) < 4.78 is 32.5. The first-order valence-corrected chi connectivity index (χ1v) is 10.3. The lowest BCUT2D eigenvalue weighted by atomic mass is 10.1. The van der Waals surface area contributed by atoms with Gasteiger partial charge in [-0.25, -0.2) is 13.4 Å². The SMILES string of the molecule is CN(C)NC(=O)c1cc(S(=O)(=O)N2CCOCC2)ccc1N1CCCC1.